The van der Waals surface area contributed by atoms with Gasteiger partial charge in [-0.25, -0.2) is 0 Å². The van der Waals surface area contributed by atoms with Crippen molar-refractivity contribution in [2.45, 2.75) is 38.9 Å². The molecule has 23 heavy (non-hydrogen) atoms. The number of piperidine rings is 1. The summed E-state index contributed by atoms with van der Waals surface area (Å²) in [5.41, 5.74) is 0.575. The summed E-state index contributed by atoms with van der Waals surface area (Å²) in [6.45, 7) is 6.57. The Hall–Kier alpha value is -1.82. The van der Waals surface area contributed by atoms with E-state index in [1.165, 1.54) is 12.5 Å². The SMILES string of the molecule is C[C@@H]1CN(C(=O)C2CCN(C(=O)c3ccoc3)CC2)C[C@@H](C)O1. The van der Waals surface area contributed by atoms with Gasteiger partial charge in [-0.15, -0.1) is 0 Å². The average molecular weight is 320 g/mol. The van der Waals surface area contributed by atoms with Crippen molar-refractivity contribution in [1.29, 1.82) is 0 Å². The average Bonchev–Trinajstić information content (AvgIpc) is 3.07. The minimum absolute atomic E-state index is 0.0147. The maximum absolute atomic E-state index is 12.7. The largest absolute Gasteiger partial charge is 0.472 e. The molecule has 0 unspecified atom stereocenters. The van der Waals surface area contributed by atoms with E-state index in [1.54, 1.807) is 11.0 Å². The number of rotatable bonds is 2. The second-order valence-electron chi connectivity index (χ2n) is 6.58. The Morgan fingerprint density at radius 1 is 1.09 bits per heavy atom. The van der Waals surface area contributed by atoms with Crippen molar-refractivity contribution in [1.82, 2.24) is 9.80 Å². The summed E-state index contributed by atoms with van der Waals surface area (Å²) in [5.74, 6) is 0.210. The number of carbonyl (C=O) groups is 2. The number of morpholine rings is 1. The number of nitrogens with zero attached hydrogens (tertiary/aromatic N) is 2. The van der Waals surface area contributed by atoms with Crippen LogP contribution < -0.4 is 0 Å². The van der Waals surface area contributed by atoms with E-state index < -0.39 is 0 Å². The first-order valence-corrected chi connectivity index (χ1v) is 8.30. The number of ether oxygens (including phenoxy) is 1. The van der Waals surface area contributed by atoms with Crippen LogP contribution in [0.1, 0.15) is 37.0 Å². The highest BCUT2D eigenvalue weighted by Gasteiger charge is 2.33. The molecule has 2 amide bonds. The Balaban J connectivity index is 1.54. The molecule has 126 valence electrons. The van der Waals surface area contributed by atoms with E-state index >= 15 is 0 Å². The van der Waals surface area contributed by atoms with Crippen LogP contribution in [-0.2, 0) is 9.53 Å². The Bertz CT molecular complexity index is 539. The lowest BCUT2D eigenvalue weighted by molar-refractivity contribution is -0.148. The summed E-state index contributed by atoms with van der Waals surface area (Å²) in [7, 11) is 0. The van der Waals surface area contributed by atoms with Crippen LogP contribution in [0.3, 0.4) is 0 Å². The molecular weight excluding hydrogens is 296 g/mol. The fraction of sp³-hybridized carbons (Fsp3) is 0.647. The van der Waals surface area contributed by atoms with E-state index in [9.17, 15) is 9.59 Å². The van der Waals surface area contributed by atoms with Gasteiger partial charge in [0.1, 0.15) is 6.26 Å². The zero-order chi connectivity index (χ0) is 16.4. The van der Waals surface area contributed by atoms with Gasteiger partial charge in [-0.2, -0.15) is 0 Å². The molecule has 0 saturated carbocycles. The normalized spacial score (nSPS) is 26.3. The number of likely N-dealkylation sites (tertiary alicyclic amines) is 1. The molecule has 1 aromatic rings. The van der Waals surface area contributed by atoms with Crippen molar-refractivity contribution >= 4 is 11.8 Å². The summed E-state index contributed by atoms with van der Waals surface area (Å²) in [4.78, 5) is 28.7. The number of amides is 2. The first-order valence-electron chi connectivity index (χ1n) is 8.30. The van der Waals surface area contributed by atoms with Crippen molar-refractivity contribution in [2.75, 3.05) is 26.2 Å². The van der Waals surface area contributed by atoms with Gasteiger partial charge in [0.25, 0.3) is 5.91 Å². The fourth-order valence-corrected chi connectivity index (χ4v) is 3.51. The van der Waals surface area contributed by atoms with Crippen LogP contribution in [0, 0.1) is 5.92 Å². The van der Waals surface area contributed by atoms with Crippen LogP contribution in [0.25, 0.3) is 0 Å². The molecule has 0 aliphatic carbocycles. The Morgan fingerprint density at radius 3 is 2.30 bits per heavy atom. The maximum Gasteiger partial charge on any atom is 0.257 e. The third-order valence-corrected chi connectivity index (χ3v) is 4.63. The monoisotopic (exact) mass is 320 g/mol. The Labute approximate surface area is 136 Å². The molecule has 2 aliphatic heterocycles. The second kappa shape index (κ2) is 6.74. The molecule has 3 rings (SSSR count). The third kappa shape index (κ3) is 3.58. The second-order valence-corrected chi connectivity index (χ2v) is 6.58. The smallest absolute Gasteiger partial charge is 0.257 e. The number of hydrogen-bond donors (Lipinski definition) is 0. The molecule has 2 fully saturated rings. The number of hydrogen-bond acceptors (Lipinski definition) is 4. The van der Waals surface area contributed by atoms with Gasteiger partial charge in [-0.1, -0.05) is 0 Å². The van der Waals surface area contributed by atoms with E-state index in [2.05, 4.69) is 0 Å². The minimum atomic E-state index is -0.0155. The van der Waals surface area contributed by atoms with E-state index in [4.69, 9.17) is 9.15 Å². The van der Waals surface area contributed by atoms with E-state index in [0.29, 0.717) is 31.7 Å². The van der Waals surface area contributed by atoms with Crippen molar-refractivity contribution in [2.24, 2.45) is 5.92 Å². The molecular formula is C17H24N2O4. The van der Waals surface area contributed by atoms with Crippen LogP contribution in [0.5, 0.6) is 0 Å². The van der Waals surface area contributed by atoms with E-state index in [0.717, 1.165) is 12.8 Å². The van der Waals surface area contributed by atoms with Crippen LogP contribution in [0.2, 0.25) is 0 Å². The van der Waals surface area contributed by atoms with Crippen LogP contribution >= 0.6 is 0 Å². The lowest BCUT2D eigenvalue weighted by Crippen LogP contribution is -2.51. The standard InChI is InChI=1S/C17H24N2O4/c1-12-9-19(10-13(2)23-12)16(20)14-3-6-18(7-4-14)17(21)15-5-8-22-11-15/h5,8,11-14H,3-4,6-7,9-10H2,1-2H3/t12-,13-/m1/s1. The highest BCUT2D eigenvalue weighted by molar-refractivity contribution is 5.94. The Morgan fingerprint density at radius 2 is 1.74 bits per heavy atom. The Kier molecular flexibility index (Phi) is 4.71. The molecule has 6 heteroatoms. The van der Waals surface area contributed by atoms with Gasteiger partial charge in [0, 0.05) is 32.1 Å². The van der Waals surface area contributed by atoms with Gasteiger partial charge in [-0.3, -0.25) is 9.59 Å². The number of furan rings is 1. The van der Waals surface area contributed by atoms with Crippen molar-refractivity contribution in [3.8, 4) is 0 Å². The topological polar surface area (TPSA) is 63.0 Å². The molecule has 2 aliphatic rings. The molecule has 0 N–H and O–H groups in total. The van der Waals surface area contributed by atoms with Crippen molar-refractivity contribution in [3.05, 3.63) is 24.2 Å². The summed E-state index contributed by atoms with van der Waals surface area (Å²) >= 11 is 0. The zero-order valence-electron chi connectivity index (χ0n) is 13.7. The first kappa shape index (κ1) is 16.1. The molecule has 1 aromatic heterocycles. The molecule has 6 nitrogen and oxygen atoms in total. The lowest BCUT2D eigenvalue weighted by atomic mass is 9.94. The predicted molar refractivity (Wildman–Crippen MR) is 83.9 cm³/mol. The molecule has 0 bridgehead atoms. The van der Waals surface area contributed by atoms with E-state index in [1.807, 2.05) is 18.7 Å². The highest BCUT2D eigenvalue weighted by Crippen LogP contribution is 2.23. The van der Waals surface area contributed by atoms with Gasteiger partial charge in [0.05, 0.1) is 24.0 Å². The first-order chi connectivity index (χ1) is 11.0. The molecule has 0 radical (unpaired) electrons. The van der Waals surface area contributed by atoms with Crippen LogP contribution in [0.4, 0.5) is 0 Å². The highest BCUT2D eigenvalue weighted by atomic mass is 16.5. The lowest BCUT2D eigenvalue weighted by Gasteiger charge is -2.39. The van der Waals surface area contributed by atoms with Crippen molar-refractivity contribution in [3.63, 3.8) is 0 Å². The van der Waals surface area contributed by atoms with Gasteiger partial charge < -0.3 is 19.0 Å². The summed E-state index contributed by atoms with van der Waals surface area (Å²) < 4.78 is 10.7. The molecule has 0 aromatic carbocycles. The van der Waals surface area contributed by atoms with Gasteiger partial charge in [0.15, 0.2) is 0 Å². The fourth-order valence-electron chi connectivity index (χ4n) is 3.51. The molecule has 0 spiro atoms. The van der Waals surface area contributed by atoms with Gasteiger partial charge in [0.2, 0.25) is 5.91 Å². The van der Waals surface area contributed by atoms with E-state index in [-0.39, 0.29) is 29.9 Å². The quantitative estimate of drug-likeness (QED) is 0.833. The molecule has 2 atom stereocenters. The van der Waals surface area contributed by atoms with Crippen LogP contribution in [0.15, 0.2) is 23.0 Å². The summed E-state index contributed by atoms with van der Waals surface area (Å²) in [5, 5.41) is 0. The predicted octanol–water partition coefficient (Wildman–Crippen LogP) is 1.77. The number of carbonyl (C=O) groups excluding carboxylic acids is 2. The minimum Gasteiger partial charge on any atom is -0.472 e. The maximum atomic E-state index is 12.7. The van der Waals surface area contributed by atoms with Crippen molar-refractivity contribution < 1.29 is 18.7 Å². The summed E-state index contributed by atoms with van der Waals surface area (Å²) in [6.07, 6.45) is 4.60. The third-order valence-electron chi connectivity index (χ3n) is 4.63. The van der Waals surface area contributed by atoms with Gasteiger partial charge in [-0.05, 0) is 32.8 Å². The zero-order valence-corrected chi connectivity index (χ0v) is 13.7. The summed E-state index contributed by atoms with van der Waals surface area (Å²) in [6, 6.07) is 1.68. The van der Waals surface area contributed by atoms with Crippen LogP contribution in [-0.4, -0.2) is 60.0 Å². The molecule has 2 saturated heterocycles. The van der Waals surface area contributed by atoms with Gasteiger partial charge >= 0.3 is 0 Å². The molecule has 3 heterocycles.